The van der Waals surface area contributed by atoms with Crippen molar-refractivity contribution in [3.63, 3.8) is 0 Å². The average Bonchev–Trinajstić information content (AvgIpc) is 3.47. The van der Waals surface area contributed by atoms with Gasteiger partial charge in [0.2, 0.25) is 5.91 Å². The minimum Gasteiger partial charge on any atom is -0.467 e. The molecule has 1 atom stereocenters. The third-order valence-electron chi connectivity index (χ3n) is 5.59. The average molecular weight is 472 g/mol. The fourth-order valence-corrected chi connectivity index (χ4v) is 5.04. The molecule has 1 N–H and O–H groups in total. The van der Waals surface area contributed by atoms with Crippen LogP contribution in [0.4, 0.5) is 5.69 Å². The summed E-state index contributed by atoms with van der Waals surface area (Å²) in [5, 5.41) is 12.5. The van der Waals surface area contributed by atoms with Crippen LogP contribution in [-0.4, -0.2) is 17.1 Å². The Bertz CT molecular complexity index is 1230. The highest BCUT2D eigenvalue weighted by Gasteiger charge is 2.40. The van der Waals surface area contributed by atoms with Crippen molar-refractivity contribution >= 4 is 29.3 Å². The zero-order valence-corrected chi connectivity index (χ0v) is 19.8. The van der Waals surface area contributed by atoms with Gasteiger partial charge in [-0.05, 0) is 47.7 Å². The summed E-state index contributed by atoms with van der Waals surface area (Å²) in [6, 6.07) is 22.9. The maximum atomic E-state index is 13.5. The van der Waals surface area contributed by atoms with Crippen molar-refractivity contribution in [2.75, 3.05) is 4.90 Å². The highest BCUT2D eigenvalue weighted by atomic mass is 32.2. The van der Waals surface area contributed by atoms with E-state index in [-0.39, 0.29) is 18.0 Å². The van der Waals surface area contributed by atoms with Crippen LogP contribution in [0.3, 0.4) is 0 Å². The number of furan rings is 1. The van der Waals surface area contributed by atoms with Gasteiger partial charge in [-0.1, -0.05) is 68.1 Å². The SMILES string of the molecule is CC(C)c1ccc(N2C(=O)C(Cc3ccccc3)S/C2=C(/C#N)C(=O)NCc2ccco2)cc1. The van der Waals surface area contributed by atoms with Gasteiger partial charge in [0.1, 0.15) is 22.4 Å². The van der Waals surface area contributed by atoms with Crippen molar-refractivity contribution < 1.29 is 14.0 Å². The largest absolute Gasteiger partial charge is 0.467 e. The predicted molar refractivity (Wildman–Crippen MR) is 133 cm³/mol. The first kappa shape index (κ1) is 23.4. The number of benzene rings is 2. The molecule has 2 aromatic carbocycles. The van der Waals surface area contributed by atoms with Crippen LogP contribution in [0.25, 0.3) is 0 Å². The first-order valence-corrected chi connectivity index (χ1v) is 12.0. The molecule has 7 heteroatoms. The lowest BCUT2D eigenvalue weighted by molar-refractivity contribution is -0.117. The fraction of sp³-hybridized carbons (Fsp3) is 0.222. The van der Waals surface area contributed by atoms with E-state index in [1.54, 1.807) is 12.1 Å². The lowest BCUT2D eigenvalue weighted by atomic mass is 10.0. The summed E-state index contributed by atoms with van der Waals surface area (Å²) in [6.07, 6.45) is 2.02. The molecule has 1 aromatic heterocycles. The molecule has 34 heavy (non-hydrogen) atoms. The molecular formula is C27H25N3O3S. The van der Waals surface area contributed by atoms with E-state index in [9.17, 15) is 14.9 Å². The Morgan fingerprint density at radius 1 is 1.12 bits per heavy atom. The minimum atomic E-state index is -0.543. The minimum absolute atomic E-state index is 0.0894. The molecule has 0 radical (unpaired) electrons. The number of amides is 2. The van der Waals surface area contributed by atoms with Gasteiger partial charge in [-0.2, -0.15) is 5.26 Å². The Kier molecular flexibility index (Phi) is 7.19. The number of hydrogen-bond acceptors (Lipinski definition) is 5. The van der Waals surface area contributed by atoms with Crippen molar-refractivity contribution in [3.05, 3.63) is 100 Å². The van der Waals surface area contributed by atoms with E-state index in [2.05, 4.69) is 19.2 Å². The zero-order valence-electron chi connectivity index (χ0n) is 19.0. The summed E-state index contributed by atoms with van der Waals surface area (Å²) in [5.41, 5.74) is 2.71. The molecule has 4 rings (SSSR count). The molecule has 2 amide bonds. The Morgan fingerprint density at radius 2 is 1.85 bits per heavy atom. The van der Waals surface area contributed by atoms with E-state index in [1.165, 1.54) is 22.9 Å². The first-order chi connectivity index (χ1) is 16.5. The van der Waals surface area contributed by atoms with Gasteiger partial charge in [-0.15, -0.1) is 0 Å². The molecule has 1 unspecified atom stereocenters. The molecule has 172 valence electrons. The summed E-state index contributed by atoms with van der Waals surface area (Å²) in [5.74, 6) is 0.237. The second-order valence-corrected chi connectivity index (χ2v) is 9.46. The van der Waals surface area contributed by atoms with Gasteiger partial charge in [0.05, 0.1) is 18.1 Å². The number of nitriles is 1. The highest BCUT2D eigenvalue weighted by molar-refractivity contribution is 8.05. The van der Waals surface area contributed by atoms with Crippen molar-refractivity contribution in [1.29, 1.82) is 5.26 Å². The summed E-state index contributed by atoms with van der Waals surface area (Å²) >= 11 is 1.26. The fourth-order valence-electron chi connectivity index (χ4n) is 3.73. The second kappa shape index (κ2) is 10.4. The standard InChI is InChI=1S/C27H25N3O3S/c1-18(2)20-10-12-21(13-11-20)30-26(32)24(15-19-7-4-3-5-8-19)34-27(30)23(16-28)25(31)29-17-22-9-6-14-33-22/h3-14,18,24H,15,17H2,1-2H3,(H,29,31)/b27-23-. The number of thioether (sulfide) groups is 1. The topological polar surface area (TPSA) is 86.3 Å². The van der Waals surface area contributed by atoms with Crippen LogP contribution >= 0.6 is 11.8 Å². The van der Waals surface area contributed by atoms with Gasteiger partial charge >= 0.3 is 0 Å². The van der Waals surface area contributed by atoms with Crippen LogP contribution in [-0.2, 0) is 22.6 Å². The monoisotopic (exact) mass is 471 g/mol. The van der Waals surface area contributed by atoms with E-state index >= 15 is 0 Å². The van der Waals surface area contributed by atoms with Gasteiger partial charge in [-0.3, -0.25) is 14.5 Å². The predicted octanol–water partition coefficient (Wildman–Crippen LogP) is 5.15. The van der Waals surface area contributed by atoms with Crippen LogP contribution in [0.2, 0.25) is 0 Å². The first-order valence-electron chi connectivity index (χ1n) is 11.1. The summed E-state index contributed by atoms with van der Waals surface area (Å²) in [4.78, 5) is 28.0. The number of hydrogen-bond donors (Lipinski definition) is 1. The third-order valence-corrected chi connectivity index (χ3v) is 6.85. The van der Waals surface area contributed by atoms with E-state index in [0.29, 0.717) is 28.8 Å². The van der Waals surface area contributed by atoms with Gasteiger partial charge in [0.25, 0.3) is 5.91 Å². The Labute approximate surface area is 203 Å². The zero-order chi connectivity index (χ0) is 24.1. The van der Waals surface area contributed by atoms with Crippen LogP contribution in [0.15, 0.2) is 88.0 Å². The van der Waals surface area contributed by atoms with Crippen LogP contribution < -0.4 is 10.2 Å². The quantitative estimate of drug-likeness (QED) is 0.381. The molecule has 6 nitrogen and oxygen atoms in total. The number of anilines is 1. The van der Waals surface area contributed by atoms with Gasteiger partial charge < -0.3 is 9.73 Å². The smallest absolute Gasteiger partial charge is 0.265 e. The highest BCUT2D eigenvalue weighted by Crippen LogP contribution is 2.42. The van der Waals surface area contributed by atoms with E-state index in [0.717, 1.165) is 11.1 Å². The number of nitrogens with one attached hydrogen (secondary N) is 1. The van der Waals surface area contributed by atoms with Gasteiger partial charge in [-0.25, -0.2) is 0 Å². The number of rotatable bonds is 7. The van der Waals surface area contributed by atoms with E-state index in [1.807, 2.05) is 60.7 Å². The molecule has 0 aliphatic carbocycles. The Balaban J connectivity index is 1.68. The van der Waals surface area contributed by atoms with Crippen LogP contribution in [0, 0.1) is 11.3 Å². The van der Waals surface area contributed by atoms with Crippen molar-refractivity contribution in [2.45, 2.75) is 38.0 Å². The Hall–Kier alpha value is -3.76. The van der Waals surface area contributed by atoms with Crippen LogP contribution in [0.1, 0.15) is 36.7 Å². The second-order valence-electron chi connectivity index (χ2n) is 8.27. The van der Waals surface area contributed by atoms with E-state index in [4.69, 9.17) is 4.42 Å². The molecule has 1 fully saturated rings. The molecule has 0 spiro atoms. The van der Waals surface area contributed by atoms with Crippen molar-refractivity contribution in [2.24, 2.45) is 0 Å². The third kappa shape index (κ3) is 5.08. The lowest BCUT2D eigenvalue weighted by Crippen LogP contribution is -2.32. The molecule has 0 bridgehead atoms. The van der Waals surface area contributed by atoms with Crippen LogP contribution in [0.5, 0.6) is 0 Å². The molecule has 0 saturated carbocycles. The summed E-state index contributed by atoms with van der Waals surface area (Å²) < 4.78 is 5.26. The van der Waals surface area contributed by atoms with Gasteiger partial charge in [0.15, 0.2) is 0 Å². The molecule has 2 heterocycles. The number of nitrogens with zero attached hydrogens (tertiary/aromatic N) is 2. The molecular weight excluding hydrogens is 446 g/mol. The van der Waals surface area contributed by atoms with Crippen molar-refractivity contribution in [1.82, 2.24) is 5.32 Å². The number of carbonyl (C=O) groups excluding carboxylic acids is 2. The number of carbonyl (C=O) groups is 2. The van der Waals surface area contributed by atoms with Crippen molar-refractivity contribution in [3.8, 4) is 6.07 Å². The molecule has 1 saturated heterocycles. The molecule has 1 aliphatic rings. The summed E-state index contributed by atoms with van der Waals surface area (Å²) in [7, 11) is 0. The maximum absolute atomic E-state index is 13.5. The normalized spacial score (nSPS) is 17.1. The molecule has 3 aromatic rings. The maximum Gasteiger partial charge on any atom is 0.265 e. The van der Waals surface area contributed by atoms with Gasteiger partial charge in [0, 0.05) is 5.69 Å². The Morgan fingerprint density at radius 3 is 2.47 bits per heavy atom. The lowest BCUT2D eigenvalue weighted by Gasteiger charge is -2.19. The molecule has 1 aliphatic heterocycles. The van der Waals surface area contributed by atoms with E-state index < -0.39 is 11.2 Å². The summed E-state index contributed by atoms with van der Waals surface area (Å²) in [6.45, 7) is 4.36.